The quantitative estimate of drug-likeness (QED) is 0.422. The number of imidazole rings is 1. The number of piperazine rings is 1. The number of nitrogens with one attached hydrogen (secondary N) is 1. The van der Waals surface area contributed by atoms with Gasteiger partial charge in [-0.05, 0) is 38.1 Å². The molecule has 0 unspecified atom stereocenters. The maximum atomic E-state index is 12.0. The van der Waals surface area contributed by atoms with Crippen molar-refractivity contribution in [3.05, 3.63) is 60.0 Å². The highest BCUT2D eigenvalue weighted by Crippen LogP contribution is 2.34. The molecule has 0 spiro atoms. The molecule has 1 N–H and O–H groups in total. The molecule has 1 fully saturated rings. The number of pyridine rings is 1. The highest BCUT2D eigenvalue weighted by molar-refractivity contribution is 6.32. The maximum absolute atomic E-state index is 12.0. The van der Waals surface area contributed by atoms with Crippen LogP contribution in [0.3, 0.4) is 0 Å². The van der Waals surface area contributed by atoms with Crippen LogP contribution in [-0.4, -0.2) is 62.4 Å². The standard InChI is InChI=1S/C26H28ClN7O2/c1-16-15-34(17(2)14-33(16)18(3)35)19-8-9-21(23(11-19)36-4)30-26-29-12-20(27)25(31-26)22-13-28-24-7-5-6-10-32(22)24/h5-13,16-17H,14-15H2,1-4H3,(H,29,30,31)/t16-,17+/m1/s1. The van der Waals surface area contributed by atoms with Gasteiger partial charge in [-0.1, -0.05) is 17.7 Å². The molecule has 9 nitrogen and oxygen atoms in total. The van der Waals surface area contributed by atoms with E-state index in [1.807, 2.05) is 51.9 Å². The number of fused-ring (bicyclic) bond motifs is 1. The van der Waals surface area contributed by atoms with Gasteiger partial charge in [0.2, 0.25) is 11.9 Å². The Balaban J connectivity index is 1.42. The van der Waals surface area contributed by atoms with Crippen LogP contribution in [0.5, 0.6) is 5.75 Å². The van der Waals surface area contributed by atoms with Crippen molar-refractivity contribution in [2.45, 2.75) is 32.9 Å². The molecule has 0 saturated carbocycles. The minimum atomic E-state index is 0.109. The molecule has 1 saturated heterocycles. The molecule has 0 bridgehead atoms. The predicted molar refractivity (Wildman–Crippen MR) is 141 cm³/mol. The van der Waals surface area contributed by atoms with Crippen molar-refractivity contribution in [3.8, 4) is 17.1 Å². The lowest BCUT2D eigenvalue weighted by Crippen LogP contribution is -2.57. The molecule has 0 aliphatic carbocycles. The first-order chi connectivity index (χ1) is 17.4. The molecule has 1 aliphatic heterocycles. The Labute approximate surface area is 214 Å². The second-order valence-electron chi connectivity index (χ2n) is 8.99. The van der Waals surface area contributed by atoms with E-state index < -0.39 is 0 Å². The number of methoxy groups -OCH3 is 1. The Kier molecular flexibility index (Phi) is 6.40. The van der Waals surface area contributed by atoms with E-state index >= 15 is 0 Å². The van der Waals surface area contributed by atoms with Gasteiger partial charge in [-0.25, -0.2) is 15.0 Å². The van der Waals surface area contributed by atoms with Gasteiger partial charge in [0.1, 0.15) is 17.1 Å². The largest absolute Gasteiger partial charge is 0.494 e. The fourth-order valence-electron chi connectivity index (χ4n) is 4.72. The highest BCUT2D eigenvalue weighted by atomic mass is 35.5. The number of rotatable bonds is 5. The molecule has 186 valence electrons. The van der Waals surface area contributed by atoms with Crippen molar-refractivity contribution in [2.24, 2.45) is 0 Å². The van der Waals surface area contributed by atoms with Gasteiger partial charge in [0, 0.05) is 50.0 Å². The fourth-order valence-corrected chi connectivity index (χ4v) is 4.91. The van der Waals surface area contributed by atoms with Gasteiger partial charge in [-0.2, -0.15) is 0 Å². The van der Waals surface area contributed by atoms with E-state index in [1.54, 1.807) is 26.4 Å². The van der Waals surface area contributed by atoms with Crippen molar-refractivity contribution in [1.82, 2.24) is 24.3 Å². The second kappa shape index (κ2) is 9.66. The van der Waals surface area contributed by atoms with E-state index in [-0.39, 0.29) is 18.0 Å². The number of hydrogen-bond donors (Lipinski definition) is 1. The van der Waals surface area contributed by atoms with Gasteiger partial charge >= 0.3 is 0 Å². The summed E-state index contributed by atoms with van der Waals surface area (Å²) >= 11 is 6.46. The van der Waals surface area contributed by atoms with Gasteiger partial charge in [-0.3, -0.25) is 9.20 Å². The van der Waals surface area contributed by atoms with E-state index in [9.17, 15) is 4.79 Å². The molecule has 3 aromatic heterocycles. The molecule has 0 radical (unpaired) electrons. The van der Waals surface area contributed by atoms with Crippen LogP contribution in [0.1, 0.15) is 20.8 Å². The number of carbonyl (C=O) groups excluding carboxylic acids is 1. The third-order valence-electron chi connectivity index (χ3n) is 6.56. The SMILES string of the molecule is COc1cc(N2C[C@@H](C)N(C(C)=O)C[C@@H]2C)ccc1Nc1ncc(Cl)c(-c2cnc3ccccn23)n1. The molecule has 2 atom stereocenters. The van der Waals surface area contributed by atoms with E-state index in [0.717, 1.165) is 29.3 Å². The van der Waals surface area contributed by atoms with Crippen LogP contribution in [0, 0.1) is 0 Å². The van der Waals surface area contributed by atoms with Crippen molar-refractivity contribution in [3.63, 3.8) is 0 Å². The molecule has 4 aromatic rings. The van der Waals surface area contributed by atoms with Crippen molar-refractivity contribution < 1.29 is 9.53 Å². The molecule has 1 aliphatic rings. The summed E-state index contributed by atoms with van der Waals surface area (Å²) in [5, 5.41) is 3.70. The van der Waals surface area contributed by atoms with E-state index in [1.165, 1.54) is 0 Å². The highest BCUT2D eigenvalue weighted by Gasteiger charge is 2.31. The number of amides is 1. The zero-order valence-electron chi connectivity index (χ0n) is 20.6. The van der Waals surface area contributed by atoms with E-state index in [2.05, 4.69) is 39.0 Å². The second-order valence-corrected chi connectivity index (χ2v) is 9.40. The van der Waals surface area contributed by atoms with Gasteiger partial charge < -0.3 is 19.9 Å². The molecule has 4 heterocycles. The van der Waals surface area contributed by atoms with Gasteiger partial charge in [0.15, 0.2) is 0 Å². The number of hydrogen-bond acceptors (Lipinski definition) is 7. The Morgan fingerprint density at radius 1 is 1.11 bits per heavy atom. The molecular formula is C26H28ClN7O2. The maximum Gasteiger partial charge on any atom is 0.227 e. The summed E-state index contributed by atoms with van der Waals surface area (Å²) < 4.78 is 7.64. The van der Waals surface area contributed by atoms with Crippen LogP contribution in [0.4, 0.5) is 17.3 Å². The first-order valence-corrected chi connectivity index (χ1v) is 12.2. The molecule has 10 heteroatoms. The number of nitrogens with zero attached hydrogens (tertiary/aromatic N) is 6. The van der Waals surface area contributed by atoms with E-state index in [0.29, 0.717) is 29.0 Å². The summed E-state index contributed by atoms with van der Waals surface area (Å²) in [5.41, 5.74) is 3.92. The fraction of sp³-hybridized carbons (Fsp3) is 0.308. The monoisotopic (exact) mass is 505 g/mol. The minimum Gasteiger partial charge on any atom is -0.494 e. The predicted octanol–water partition coefficient (Wildman–Crippen LogP) is 4.64. The third-order valence-corrected chi connectivity index (χ3v) is 6.83. The summed E-state index contributed by atoms with van der Waals surface area (Å²) in [6.45, 7) is 7.27. The lowest BCUT2D eigenvalue weighted by molar-refractivity contribution is -0.131. The number of anilines is 3. The van der Waals surface area contributed by atoms with Crippen molar-refractivity contribution >= 4 is 40.5 Å². The minimum absolute atomic E-state index is 0.109. The summed E-state index contributed by atoms with van der Waals surface area (Å²) in [4.78, 5) is 29.7. The number of benzene rings is 1. The third kappa shape index (κ3) is 4.42. The first kappa shape index (κ1) is 23.9. The summed E-state index contributed by atoms with van der Waals surface area (Å²) in [5.74, 6) is 1.16. The van der Waals surface area contributed by atoms with Crippen molar-refractivity contribution in [1.29, 1.82) is 0 Å². The smallest absolute Gasteiger partial charge is 0.227 e. The van der Waals surface area contributed by atoms with E-state index in [4.69, 9.17) is 16.3 Å². The number of carbonyl (C=O) groups is 1. The first-order valence-electron chi connectivity index (χ1n) is 11.8. The lowest BCUT2D eigenvalue weighted by Gasteiger charge is -2.45. The van der Waals surface area contributed by atoms with Gasteiger partial charge in [0.25, 0.3) is 0 Å². The van der Waals surface area contributed by atoms with Crippen LogP contribution >= 0.6 is 11.6 Å². The normalized spacial score (nSPS) is 17.9. The molecular weight excluding hydrogens is 478 g/mol. The number of halogens is 1. The van der Waals surface area contributed by atoms with Crippen LogP contribution in [0.2, 0.25) is 5.02 Å². The summed E-state index contributed by atoms with van der Waals surface area (Å²) in [6.07, 6.45) is 5.24. The Morgan fingerprint density at radius 2 is 1.94 bits per heavy atom. The van der Waals surface area contributed by atoms with Crippen LogP contribution < -0.4 is 15.0 Å². The number of ether oxygens (including phenoxy) is 1. The lowest BCUT2D eigenvalue weighted by atomic mass is 10.1. The zero-order valence-corrected chi connectivity index (χ0v) is 21.4. The molecule has 36 heavy (non-hydrogen) atoms. The van der Waals surface area contributed by atoms with Gasteiger partial charge in [0.05, 0.1) is 35.9 Å². The Hall–Kier alpha value is -3.85. The molecule has 5 rings (SSSR count). The average Bonchev–Trinajstić information content (AvgIpc) is 3.30. The molecule has 1 aromatic carbocycles. The number of aromatic nitrogens is 4. The average molecular weight is 506 g/mol. The Bertz CT molecular complexity index is 1420. The topological polar surface area (TPSA) is 87.9 Å². The van der Waals surface area contributed by atoms with Gasteiger partial charge in [-0.15, -0.1) is 0 Å². The summed E-state index contributed by atoms with van der Waals surface area (Å²) in [6, 6.07) is 12.1. The Morgan fingerprint density at radius 3 is 2.72 bits per heavy atom. The van der Waals surface area contributed by atoms with Crippen LogP contribution in [-0.2, 0) is 4.79 Å². The molecule has 1 amide bonds. The summed E-state index contributed by atoms with van der Waals surface area (Å²) in [7, 11) is 1.64. The van der Waals surface area contributed by atoms with Crippen LogP contribution in [0.15, 0.2) is 55.0 Å². The van der Waals surface area contributed by atoms with Crippen LogP contribution in [0.25, 0.3) is 17.0 Å². The van der Waals surface area contributed by atoms with Crippen molar-refractivity contribution in [2.75, 3.05) is 30.4 Å². The zero-order chi connectivity index (χ0) is 25.4.